The SMILES string of the molecule is Cl.N[C@@H](CCC(=O)N[C@@H](CS)C(=O)NCC(=O)O)C(=O)O.c1ccncc1. The third-order valence-corrected chi connectivity index (χ3v) is 3.18. The van der Waals surface area contributed by atoms with E-state index in [1.807, 2.05) is 18.2 Å². The zero-order valence-corrected chi connectivity index (χ0v) is 16.0. The number of halogens is 1. The normalized spacial score (nSPS) is 11.5. The molecular formula is C15H23ClN4O6S. The topological polar surface area (TPSA) is 172 Å². The van der Waals surface area contributed by atoms with Gasteiger partial charge < -0.3 is 26.6 Å². The maximum atomic E-state index is 11.5. The van der Waals surface area contributed by atoms with Crippen molar-refractivity contribution in [1.29, 1.82) is 0 Å². The lowest BCUT2D eigenvalue weighted by Gasteiger charge is -2.16. The summed E-state index contributed by atoms with van der Waals surface area (Å²) in [6.07, 6.45) is 3.27. The van der Waals surface area contributed by atoms with Crippen molar-refractivity contribution in [3.05, 3.63) is 30.6 Å². The number of nitrogens with two attached hydrogens (primary N) is 1. The van der Waals surface area contributed by atoms with Crippen molar-refractivity contribution in [3.63, 3.8) is 0 Å². The molecule has 0 fully saturated rings. The molecule has 1 aromatic heterocycles. The van der Waals surface area contributed by atoms with E-state index in [9.17, 15) is 19.2 Å². The molecule has 152 valence electrons. The molecule has 10 nitrogen and oxygen atoms in total. The minimum atomic E-state index is -1.22. The summed E-state index contributed by atoms with van der Waals surface area (Å²) in [4.78, 5) is 47.5. The third kappa shape index (κ3) is 14.5. The Balaban J connectivity index is 0. The summed E-state index contributed by atoms with van der Waals surface area (Å²) in [6, 6.07) is 3.56. The standard InChI is InChI=1S/C10H17N3O6S.C5H5N.ClH/c11-5(10(18)19)1-2-7(14)13-6(4-20)9(17)12-3-8(15)16;1-2-4-6-5-3-1;/h5-6,20H,1-4,11H2,(H,12,17)(H,13,14)(H,15,16)(H,18,19);1-5H;1H/t5-,6-;;/m0../s1. The number of aromatic nitrogens is 1. The monoisotopic (exact) mass is 422 g/mol. The highest BCUT2D eigenvalue weighted by atomic mass is 35.5. The van der Waals surface area contributed by atoms with Crippen LogP contribution in [0.4, 0.5) is 0 Å². The Kier molecular flexibility index (Phi) is 15.8. The van der Waals surface area contributed by atoms with Gasteiger partial charge in [0.15, 0.2) is 0 Å². The summed E-state index contributed by atoms with van der Waals surface area (Å²) in [5, 5.41) is 21.4. The molecule has 1 heterocycles. The van der Waals surface area contributed by atoms with E-state index < -0.39 is 42.4 Å². The summed E-state index contributed by atoms with van der Waals surface area (Å²) in [6.45, 7) is -0.567. The molecule has 0 aliphatic heterocycles. The van der Waals surface area contributed by atoms with Crippen LogP contribution in [0.25, 0.3) is 0 Å². The molecule has 12 heteroatoms. The van der Waals surface area contributed by atoms with Crippen molar-refractivity contribution < 1.29 is 29.4 Å². The van der Waals surface area contributed by atoms with E-state index in [0.29, 0.717) is 0 Å². The lowest BCUT2D eigenvalue weighted by atomic mass is 10.1. The lowest BCUT2D eigenvalue weighted by Crippen LogP contribution is -2.49. The second kappa shape index (κ2) is 15.9. The highest BCUT2D eigenvalue weighted by Crippen LogP contribution is 1.97. The van der Waals surface area contributed by atoms with E-state index in [-0.39, 0.29) is 31.0 Å². The molecule has 27 heavy (non-hydrogen) atoms. The Bertz CT molecular complexity index is 566. The fraction of sp³-hybridized carbons (Fsp3) is 0.400. The van der Waals surface area contributed by atoms with Crippen LogP contribution in [0.5, 0.6) is 0 Å². The number of hydrogen-bond acceptors (Lipinski definition) is 7. The smallest absolute Gasteiger partial charge is 0.322 e. The van der Waals surface area contributed by atoms with Gasteiger partial charge in [0, 0.05) is 24.6 Å². The molecule has 0 aliphatic rings. The maximum absolute atomic E-state index is 11.5. The first kappa shape index (κ1) is 26.9. The third-order valence-electron chi connectivity index (χ3n) is 2.81. The molecular weight excluding hydrogens is 400 g/mol. The average Bonchev–Trinajstić information content (AvgIpc) is 2.63. The van der Waals surface area contributed by atoms with Crippen molar-refractivity contribution in [2.45, 2.75) is 24.9 Å². The number of hydrogen-bond donors (Lipinski definition) is 6. The second-order valence-corrected chi connectivity index (χ2v) is 5.29. The fourth-order valence-electron chi connectivity index (χ4n) is 1.47. The molecule has 1 rings (SSSR count). The molecule has 0 saturated heterocycles. The first-order valence-corrected chi connectivity index (χ1v) is 8.14. The molecule has 1 aromatic rings. The molecule has 6 N–H and O–H groups in total. The van der Waals surface area contributed by atoms with E-state index in [4.69, 9.17) is 15.9 Å². The number of rotatable bonds is 9. The van der Waals surface area contributed by atoms with Crippen LogP contribution >= 0.6 is 25.0 Å². The van der Waals surface area contributed by atoms with Crippen LogP contribution in [0.3, 0.4) is 0 Å². The predicted molar refractivity (Wildman–Crippen MR) is 103 cm³/mol. The Labute approximate surface area is 167 Å². The molecule has 0 spiro atoms. The van der Waals surface area contributed by atoms with Gasteiger partial charge in [0.05, 0.1) is 0 Å². The van der Waals surface area contributed by atoms with Gasteiger partial charge in [-0.05, 0) is 18.6 Å². The summed E-state index contributed by atoms with van der Waals surface area (Å²) >= 11 is 3.87. The van der Waals surface area contributed by atoms with Gasteiger partial charge in [0.1, 0.15) is 18.6 Å². The minimum Gasteiger partial charge on any atom is -0.480 e. The lowest BCUT2D eigenvalue weighted by molar-refractivity contribution is -0.139. The number of carbonyl (C=O) groups is 4. The molecule has 0 aliphatic carbocycles. The van der Waals surface area contributed by atoms with Crippen molar-refractivity contribution >= 4 is 48.8 Å². The first-order chi connectivity index (χ1) is 12.3. The Hall–Kier alpha value is -2.37. The van der Waals surface area contributed by atoms with Crippen LogP contribution in [0.1, 0.15) is 12.8 Å². The number of nitrogens with one attached hydrogen (secondary N) is 2. The molecule has 0 saturated carbocycles. The van der Waals surface area contributed by atoms with Crippen molar-refractivity contribution in [1.82, 2.24) is 15.6 Å². The van der Waals surface area contributed by atoms with Crippen LogP contribution in [0.15, 0.2) is 30.6 Å². The summed E-state index contributed by atoms with van der Waals surface area (Å²) < 4.78 is 0. The highest BCUT2D eigenvalue weighted by molar-refractivity contribution is 7.80. The van der Waals surface area contributed by atoms with Gasteiger partial charge >= 0.3 is 11.9 Å². The number of carboxylic acid groups (broad SMARTS) is 2. The largest absolute Gasteiger partial charge is 0.480 e. The zero-order chi connectivity index (χ0) is 19.9. The first-order valence-electron chi connectivity index (χ1n) is 7.51. The summed E-state index contributed by atoms with van der Waals surface area (Å²) in [5.74, 6) is -3.70. The van der Waals surface area contributed by atoms with Crippen molar-refractivity contribution in [3.8, 4) is 0 Å². The van der Waals surface area contributed by atoms with E-state index in [1.54, 1.807) is 12.4 Å². The van der Waals surface area contributed by atoms with Gasteiger partial charge in [-0.3, -0.25) is 24.2 Å². The molecule has 2 amide bonds. The van der Waals surface area contributed by atoms with Crippen LogP contribution in [0.2, 0.25) is 0 Å². The molecule has 0 radical (unpaired) electrons. The number of carboxylic acids is 2. The maximum Gasteiger partial charge on any atom is 0.322 e. The van der Waals surface area contributed by atoms with E-state index in [2.05, 4.69) is 28.2 Å². The summed E-state index contributed by atoms with van der Waals surface area (Å²) in [5.41, 5.74) is 5.23. The number of carbonyl (C=O) groups excluding carboxylic acids is 2. The van der Waals surface area contributed by atoms with Crippen molar-refractivity contribution in [2.75, 3.05) is 12.3 Å². The Morgan fingerprint density at radius 2 is 1.70 bits per heavy atom. The molecule has 0 bridgehead atoms. The van der Waals surface area contributed by atoms with Gasteiger partial charge in [-0.1, -0.05) is 6.07 Å². The van der Waals surface area contributed by atoms with Crippen molar-refractivity contribution in [2.24, 2.45) is 5.73 Å². The summed E-state index contributed by atoms with van der Waals surface area (Å²) in [7, 11) is 0. The van der Waals surface area contributed by atoms with Crippen LogP contribution in [-0.2, 0) is 19.2 Å². The quantitative estimate of drug-likeness (QED) is 0.283. The van der Waals surface area contributed by atoms with E-state index in [0.717, 1.165) is 0 Å². The fourth-order valence-corrected chi connectivity index (χ4v) is 1.73. The highest BCUT2D eigenvalue weighted by Gasteiger charge is 2.20. The Morgan fingerprint density at radius 3 is 2.07 bits per heavy atom. The van der Waals surface area contributed by atoms with Gasteiger partial charge in [-0.25, -0.2) is 0 Å². The van der Waals surface area contributed by atoms with Crippen LogP contribution in [-0.4, -0.2) is 63.3 Å². The van der Waals surface area contributed by atoms with Gasteiger partial charge in [-0.15, -0.1) is 12.4 Å². The predicted octanol–water partition coefficient (Wildman–Crippen LogP) is -0.703. The minimum absolute atomic E-state index is 0. The van der Waals surface area contributed by atoms with Gasteiger partial charge in [0.25, 0.3) is 0 Å². The number of nitrogens with zero attached hydrogens (tertiary/aromatic N) is 1. The molecule has 2 atom stereocenters. The van der Waals surface area contributed by atoms with E-state index in [1.165, 1.54) is 0 Å². The second-order valence-electron chi connectivity index (χ2n) is 4.92. The average molecular weight is 423 g/mol. The van der Waals surface area contributed by atoms with E-state index >= 15 is 0 Å². The van der Waals surface area contributed by atoms with Gasteiger partial charge in [-0.2, -0.15) is 12.6 Å². The number of amides is 2. The molecule has 0 unspecified atom stereocenters. The number of thiol groups is 1. The van der Waals surface area contributed by atoms with Gasteiger partial charge in [0.2, 0.25) is 11.8 Å². The van der Waals surface area contributed by atoms with Crippen LogP contribution < -0.4 is 16.4 Å². The molecule has 0 aromatic carbocycles. The number of aliphatic carboxylic acids is 2. The zero-order valence-electron chi connectivity index (χ0n) is 14.3. The number of pyridine rings is 1. The Morgan fingerprint density at radius 1 is 1.11 bits per heavy atom. The van der Waals surface area contributed by atoms with Crippen LogP contribution in [0, 0.1) is 0 Å².